The standard InChI is InChI=1S/C16H17FO/c1-11(2)13-4-6-14(7-5-13)18-15-8-9-16(17)12(3)10-15/h4-11H,1-3H3. The molecular formula is C16H17FO. The molecule has 0 bridgehead atoms. The van der Waals surface area contributed by atoms with E-state index < -0.39 is 0 Å². The van der Waals surface area contributed by atoms with E-state index in [1.165, 1.54) is 11.6 Å². The molecule has 1 nitrogen and oxygen atoms in total. The van der Waals surface area contributed by atoms with Crippen LogP contribution in [0.1, 0.15) is 30.9 Å². The quantitative estimate of drug-likeness (QED) is 0.734. The Labute approximate surface area is 107 Å². The number of ether oxygens (including phenoxy) is 1. The van der Waals surface area contributed by atoms with Crippen molar-refractivity contribution in [2.45, 2.75) is 26.7 Å². The summed E-state index contributed by atoms with van der Waals surface area (Å²) >= 11 is 0. The van der Waals surface area contributed by atoms with Crippen LogP contribution >= 0.6 is 0 Å². The Morgan fingerprint density at radius 3 is 2.11 bits per heavy atom. The highest BCUT2D eigenvalue weighted by molar-refractivity contribution is 5.35. The van der Waals surface area contributed by atoms with Gasteiger partial charge in [0.2, 0.25) is 0 Å². The third kappa shape index (κ3) is 2.89. The predicted molar refractivity (Wildman–Crippen MR) is 71.7 cm³/mol. The summed E-state index contributed by atoms with van der Waals surface area (Å²) in [4.78, 5) is 0. The van der Waals surface area contributed by atoms with Crippen molar-refractivity contribution in [3.8, 4) is 11.5 Å². The van der Waals surface area contributed by atoms with Crippen molar-refractivity contribution in [3.05, 3.63) is 59.4 Å². The molecule has 2 rings (SSSR count). The van der Waals surface area contributed by atoms with E-state index in [9.17, 15) is 4.39 Å². The van der Waals surface area contributed by atoms with Crippen LogP contribution in [0.15, 0.2) is 42.5 Å². The number of benzene rings is 2. The molecule has 0 spiro atoms. The van der Waals surface area contributed by atoms with Crippen LogP contribution in [0.4, 0.5) is 4.39 Å². The van der Waals surface area contributed by atoms with Crippen molar-refractivity contribution >= 4 is 0 Å². The Morgan fingerprint density at radius 1 is 0.944 bits per heavy atom. The van der Waals surface area contributed by atoms with Gasteiger partial charge in [0.05, 0.1) is 0 Å². The Hall–Kier alpha value is -1.83. The van der Waals surface area contributed by atoms with Gasteiger partial charge in [-0.25, -0.2) is 4.39 Å². The number of hydrogen-bond donors (Lipinski definition) is 0. The molecule has 18 heavy (non-hydrogen) atoms. The zero-order valence-electron chi connectivity index (χ0n) is 10.9. The molecule has 0 fully saturated rings. The summed E-state index contributed by atoms with van der Waals surface area (Å²) < 4.78 is 18.8. The van der Waals surface area contributed by atoms with Crippen molar-refractivity contribution in [3.63, 3.8) is 0 Å². The molecule has 0 aromatic heterocycles. The summed E-state index contributed by atoms with van der Waals surface area (Å²) in [6, 6.07) is 12.7. The smallest absolute Gasteiger partial charge is 0.127 e. The van der Waals surface area contributed by atoms with E-state index in [-0.39, 0.29) is 5.82 Å². The average Bonchev–Trinajstić information content (AvgIpc) is 2.34. The van der Waals surface area contributed by atoms with Gasteiger partial charge in [-0.3, -0.25) is 0 Å². The van der Waals surface area contributed by atoms with Crippen LogP contribution in [-0.4, -0.2) is 0 Å². The zero-order valence-corrected chi connectivity index (χ0v) is 10.9. The summed E-state index contributed by atoms with van der Waals surface area (Å²) in [5.74, 6) is 1.72. The average molecular weight is 244 g/mol. The maximum Gasteiger partial charge on any atom is 0.127 e. The largest absolute Gasteiger partial charge is 0.457 e. The van der Waals surface area contributed by atoms with Crippen molar-refractivity contribution in [1.82, 2.24) is 0 Å². The van der Waals surface area contributed by atoms with Crippen molar-refractivity contribution < 1.29 is 9.13 Å². The third-order valence-electron chi connectivity index (χ3n) is 2.91. The normalized spacial score (nSPS) is 10.7. The predicted octanol–water partition coefficient (Wildman–Crippen LogP) is 5.05. The van der Waals surface area contributed by atoms with Gasteiger partial charge in [-0.2, -0.15) is 0 Å². The fourth-order valence-corrected chi connectivity index (χ4v) is 1.74. The second-order valence-corrected chi connectivity index (χ2v) is 4.74. The summed E-state index contributed by atoms with van der Waals surface area (Å²) in [7, 11) is 0. The highest BCUT2D eigenvalue weighted by Crippen LogP contribution is 2.25. The van der Waals surface area contributed by atoms with Crippen LogP contribution in [0.25, 0.3) is 0 Å². The lowest BCUT2D eigenvalue weighted by molar-refractivity contribution is 0.479. The maximum absolute atomic E-state index is 13.1. The highest BCUT2D eigenvalue weighted by Gasteiger charge is 2.03. The Morgan fingerprint density at radius 2 is 1.56 bits per heavy atom. The van der Waals surface area contributed by atoms with Crippen LogP contribution in [-0.2, 0) is 0 Å². The van der Waals surface area contributed by atoms with Gasteiger partial charge in [0, 0.05) is 0 Å². The molecule has 0 aliphatic rings. The molecule has 0 saturated heterocycles. The lowest BCUT2D eigenvalue weighted by atomic mass is 10.0. The number of halogens is 1. The van der Waals surface area contributed by atoms with Gasteiger partial charge in [-0.05, 0) is 54.3 Å². The second kappa shape index (κ2) is 5.21. The molecule has 2 aromatic carbocycles. The summed E-state index contributed by atoms with van der Waals surface area (Å²) in [6.07, 6.45) is 0. The van der Waals surface area contributed by atoms with E-state index in [1.807, 2.05) is 12.1 Å². The van der Waals surface area contributed by atoms with E-state index in [4.69, 9.17) is 4.74 Å². The number of aryl methyl sites for hydroxylation is 1. The topological polar surface area (TPSA) is 9.23 Å². The van der Waals surface area contributed by atoms with Crippen LogP contribution in [0.3, 0.4) is 0 Å². The van der Waals surface area contributed by atoms with Crippen molar-refractivity contribution in [1.29, 1.82) is 0 Å². The first kappa shape index (κ1) is 12.6. The number of rotatable bonds is 3. The molecule has 0 atom stereocenters. The molecule has 0 saturated carbocycles. The SMILES string of the molecule is Cc1cc(Oc2ccc(C(C)C)cc2)ccc1F. The molecule has 0 amide bonds. The zero-order chi connectivity index (χ0) is 13.1. The van der Waals surface area contributed by atoms with Crippen LogP contribution in [0, 0.1) is 12.7 Å². The minimum absolute atomic E-state index is 0.211. The molecule has 0 heterocycles. The lowest BCUT2D eigenvalue weighted by Gasteiger charge is -2.09. The maximum atomic E-state index is 13.1. The van der Waals surface area contributed by atoms with Crippen molar-refractivity contribution in [2.75, 3.05) is 0 Å². The molecule has 2 heteroatoms. The molecule has 0 N–H and O–H groups in total. The molecule has 94 valence electrons. The van der Waals surface area contributed by atoms with Gasteiger partial charge in [0.15, 0.2) is 0 Å². The Balaban J connectivity index is 2.15. The minimum atomic E-state index is -0.211. The van der Waals surface area contributed by atoms with Gasteiger partial charge in [0.25, 0.3) is 0 Å². The van der Waals surface area contributed by atoms with E-state index in [1.54, 1.807) is 19.1 Å². The summed E-state index contributed by atoms with van der Waals surface area (Å²) in [6.45, 7) is 6.03. The van der Waals surface area contributed by atoms with E-state index in [0.717, 1.165) is 5.75 Å². The first-order chi connectivity index (χ1) is 8.56. The molecule has 0 radical (unpaired) electrons. The van der Waals surface area contributed by atoms with E-state index >= 15 is 0 Å². The second-order valence-electron chi connectivity index (χ2n) is 4.74. The summed E-state index contributed by atoms with van der Waals surface area (Å²) in [5, 5.41) is 0. The monoisotopic (exact) mass is 244 g/mol. The van der Waals surface area contributed by atoms with Crippen LogP contribution in [0.2, 0.25) is 0 Å². The van der Waals surface area contributed by atoms with E-state index in [2.05, 4.69) is 26.0 Å². The lowest BCUT2D eigenvalue weighted by Crippen LogP contribution is -1.89. The highest BCUT2D eigenvalue weighted by atomic mass is 19.1. The Kier molecular flexibility index (Phi) is 3.66. The van der Waals surface area contributed by atoms with Gasteiger partial charge in [-0.1, -0.05) is 26.0 Å². The first-order valence-corrected chi connectivity index (χ1v) is 6.10. The van der Waals surface area contributed by atoms with Crippen LogP contribution < -0.4 is 4.74 Å². The first-order valence-electron chi connectivity index (χ1n) is 6.10. The fraction of sp³-hybridized carbons (Fsp3) is 0.250. The van der Waals surface area contributed by atoms with E-state index in [0.29, 0.717) is 17.2 Å². The molecule has 0 aliphatic heterocycles. The minimum Gasteiger partial charge on any atom is -0.457 e. The Bertz CT molecular complexity index is 529. The number of hydrogen-bond acceptors (Lipinski definition) is 1. The molecular weight excluding hydrogens is 227 g/mol. The fourth-order valence-electron chi connectivity index (χ4n) is 1.74. The molecule has 0 aliphatic carbocycles. The van der Waals surface area contributed by atoms with Gasteiger partial charge >= 0.3 is 0 Å². The summed E-state index contributed by atoms with van der Waals surface area (Å²) in [5.41, 5.74) is 1.86. The van der Waals surface area contributed by atoms with Gasteiger partial charge in [0.1, 0.15) is 17.3 Å². The van der Waals surface area contributed by atoms with Crippen molar-refractivity contribution in [2.24, 2.45) is 0 Å². The van der Waals surface area contributed by atoms with Gasteiger partial charge in [-0.15, -0.1) is 0 Å². The van der Waals surface area contributed by atoms with Crippen LogP contribution in [0.5, 0.6) is 11.5 Å². The molecule has 0 unspecified atom stereocenters. The van der Waals surface area contributed by atoms with Gasteiger partial charge < -0.3 is 4.74 Å². The molecule has 2 aromatic rings. The third-order valence-corrected chi connectivity index (χ3v) is 2.91.